The molecule has 2 aromatic carbocycles. The largest absolute Gasteiger partial charge is 0.454 e. The summed E-state index contributed by atoms with van der Waals surface area (Å²) in [5.74, 6) is -1.62. The van der Waals surface area contributed by atoms with Crippen molar-refractivity contribution in [3.63, 3.8) is 0 Å². The molecule has 0 spiro atoms. The second kappa shape index (κ2) is 8.03. The van der Waals surface area contributed by atoms with Crippen LogP contribution in [0.15, 0.2) is 60.3 Å². The van der Waals surface area contributed by atoms with Gasteiger partial charge < -0.3 is 14.4 Å². The van der Waals surface area contributed by atoms with Gasteiger partial charge in [0.25, 0.3) is 0 Å². The molecule has 0 fully saturated rings. The van der Waals surface area contributed by atoms with E-state index in [0.29, 0.717) is 0 Å². The maximum Gasteiger partial charge on any atom is 0.387 e. The van der Waals surface area contributed by atoms with Crippen LogP contribution in [0.25, 0.3) is 0 Å². The van der Waals surface area contributed by atoms with E-state index in [1.54, 1.807) is 0 Å². The molecule has 0 amide bonds. The number of esters is 1. The second-order valence-electron chi connectivity index (χ2n) is 7.15. The third kappa shape index (κ3) is 4.13. The van der Waals surface area contributed by atoms with Crippen molar-refractivity contribution in [3.05, 3.63) is 71.4 Å². The van der Waals surface area contributed by atoms with E-state index in [0.717, 1.165) is 16.9 Å². The van der Waals surface area contributed by atoms with Crippen molar-refractivity contribution in [2.24, 2.45) is 0 Å². The Labute approximate surface area is 167 Å². The fourth-order valence-electron chi connectivity index (χ4n) is 3.50. The zero-order chi connectivity index (χ0) is 21.2. The van der Waals surface area contributed by atoms with Crippen LogP contribution in [0.3, 0.4) is 0 Å². The molecule has 7 heteroatoms. The molecule has 0 bridgehead atoms. The lowest BCUT2D eigenvalue weighted by molar-refractivity contribution is -0.117. The van der Waals surface area contributed by atoms with Gasteiger partial charge in [-0.1, -0.05) is 44.2 Å². The van der Waals surface area contributed by atoms with Gasteiger partial charge in [0.05, 0.1) is 0 Å². The number of ketones is 1. The number of nitrogens with zero attached hydrogens (tertiary/aromatic N) is 1. The predicted molar refractivity (Wildman–Crippen MR) is 104 cm³/mol. The lowest BCUT2D eigenvalue weighted by Gasteiger charge is -2.23. The number of rotatable bonds is 6. The van der Waals surface area contributed by atoms with Crippen LogP contribution in [-0.2, 0) is 14.9 Å². The van der Waals surface area contributed by atoms with E-state index in [1.165, 1.54) is 30.3 Å². The van der Waals surface area contributed by atoms with Gasteiger partial charge in [-0.3, -0.25) is 4.79 Å². The maximum absolute atomic E-state index is 12.5. The molecule has 1 aliphatic heterocycles. The second-order valence-corrected chi connectivity index (χ2v) is 7.15. The molecular formula is C22H21F2NO4. The fourth-order valence-corrected chi connectivity index (χ4v) is 3.50. The zero-order valence-electron chi connectivity index (χ0n) is 16.3. The molecule has 0 atom stereocenters. The first kappa shape index (κ1) is 20.5. The first-order valence-electron chi connectivity index (χ1n) is 9.01. The van der Waals surface area contributed by atoms with E-state index in [9.17, 15) is 18.4 Å². The van der Waals surface area contributed by atoms with Crippen LogP contribution in [0.5, 0.6) is 5.75 Å². The summed E-state index contributed by atoms with van der Waals surface area (Å²) in [6, 6.07) is 13.3. The quantitative estimate of drug-likeness (QED) is 0.533. The summed E-state index contributed by atoms with van der Waals surface area (Å²) in [6.45, 7) is 0.444. The number of carbonyl (C=O) groups excluding carboxylic acids is 2. The first-order valence-corrected chi connectivity index (χ1v) is 9.01. The molecule has 1 aliphatic rings. The van der Waals surface area contributed by atoms with Crippen molar-refractivity contribution in [1.82, 2.24) is 0 Å². The highest BCUT2D eigenvalue weighted by atomic mass is 19.3. The van der Waals surface area contributed by atoms with Crippen molar-refractivity contribution in [2.75, 3.05) is 18.6 Å². The molecule has 0 saturated carbocycles. The van der Waals surface area contributed by atoms with Crippen molar-refractivity contribution in [1.29, 1.82) is 0 Å². The van der Waals surface area contributed by atoms with Crippen molar-refractivity contribution >= 4 is 17.4 Å². The molecule has 0 radical (unpaired) electrons. The molecule has 0 aliphatic carbocycles. The zero-order valence-corrected chi connectivity index (χ0v) is 16.3. The van der Waals surface area contributed by atoms with Crippen molar-refractivity contribution in [3.8, 4) is 5.75 Å². The number of ether oxygens (including phenoxy) is 2. The average molecular weight is 401 g/mol. The van der Waals surface area contributed by atoms with Crippen LogP contribution in [-0.4, -0.2) is 32.0 Å². The number of anilines is 1. The smallest absolute Gasteiger partial charge is 0.387 e. The molecular weight excluding hydrogens is 380 g/mol. The van der Waals surface area contributed by atoms with Crippen molar-refractivity contribution < 1.29 is 27.8 Å². The Kier molecular flexibility index (Phi) is 5.68. The van der Waals surface area contributed by atoms with E-state index in [4.69, 9.17) is 4.74 Å². The number of hydrogen-bond acceptors (Lipinski definition) is 5. The molecule has 29 heavy (non-hydrogen) atoms. The van der Waals surface area contributed by atoms with E-state index >= 15 is 0 Å². The Morgan fingerprint density at radius 2 is 1.76 bits per heavy atom. The van der Waals surface area contributed by atoms with E-state index in [-0.39, 0.29) is 16.7 Å². The number of alkyl halides is 2. The van der Waals surface area contributed by atoms with Gasteiger partial charge in [0.15, 0.2) is 12.4 Å². The van der Waals surface area contributed by atoms with Crippen LogP contribution >= 0.6 is 0 Å². The molecule has 2 aromatic rings. The van der Waals surface area contributed by atoms with E-state index in [1.807, 2.05) is 50.1 Å². The Hall–Kier alpha value is -3.22. The number of carbonyl (C=O) groups is 2. The van der Waals surface area contributed by atoms with Crippen LogP contribution in [0.4, 0.5) is 14.5 Å². The van der Waals surface area contributed by atoms with E-state index < -0.39 is 25.0 Å². The monoisotopic (exact) mass is 401 g/mol. The normalized spacial score (nSPS) is 16.1. The Bertz CT molecular complexity index is 969. The number of para-hydroxylation sites is 2. The maximum atomic E-state index is 12.5. The molecule has 3 rings (SSSR count). The standard InChI is InChI=1S/C22H21F2NO4/c1-22(2)16-9-5-6-10-17(16)25(3)19(22)12-14(26)13-28-20(27)15-8-4-7-11-18(15)29-21(23)24/h4-12,21H,13H2,1-3H3. The SMILES string of the molecule is CN1C(=CC(=O)COC(=O)c2ccccc2OC(F)F)C(C)(C)c2ccccc21. The lowest BCUT2D eigenvalue weighted by Crippen LogP contribution is -2.25. The van der Waals surface area contributed by atoms with Crippen LogP contribution < -0.4 is 9.64 Å². The molecule has 0 N–H and O–H groups in total. The summed E-state index contributed by atoms with van der Waals surface area (Å²) in [4.78, 5) is 26.6. The summed E-state index contributed by atoms with van der Waals surface area (Å²) in [5, 5.41) is 0. The summed E-state index contributed by atoms with van der Waals surface area (Å²) < 4.78 is 34.3. The summed E-state index contributed by atoms with van der Waals surface area (Å²) in [6.07, 6.45) is 1.45. The molecule has 0 saturated heterocycles. The summed E-state index contributed by atoms with van der Waals surface area (Å²) in [5.41, 5.74) is 2.33. The minimum Gasteiger partial charge on any atom is -0.454 e. The molecule has 0 unspecified atom stereocenters. The van der Waals surface area contributed by atoms with Crippen LogP contribution in [0.2, 0.25) is 0 Å². The van der Waals surface area contributed by atoms with Gasteiger partial charge in [-0.15, -0.1) is 0 Å². The molecule has 152 valence electrons. The molecule has 1 heterocycles. The molecule has 0 aromatic heterocycles. The highest BCUT2D eigenvalue weighted by molar-refractivity contribution is 5.97. The third-order valence-corrected chi connectivity index (χ3v) is 4.91. The van der Waals surface area contributed by atoms with Gasteiger partial charge in [-0.05, 0) is 23.8 Å². The number of hydrogen-bond donors (Lipinski definition) is 0. The minimum absolute atomic E-state index is 0.168. The highest BCUT2D eigenvalue weighted by Crippen LogP contribution is 2.46. The van der Waals surface area contributed by atoms with Gasteiger partial charge in [0, 0.05) is 29.9 Å². The van der Waals surface area contributed by atoms with Gasteiger partial charge in [0.2, 0.25) is 0 Å². The molecule has 5 nitrogen and oxygen atoms in total. The predicted octanol–water partition coefficient (Wildman–Crippen LogP) is 4.33. The Morgan fingerprint density at radius 1 is 1.10 bits per heavy atom. The Morgan fingerprint density at radius 3 is 2.45 bits per heavy atom. The lowest BCUT2D eigenvalue weighted by atomic mass is 9.83. The highest BCUT2D eigenvalue weighted by Gasteiger charge is 2.38. The fraction of sp³-hybridized carbons (Fsp3) is 0.273. The van der Waals surface area contributed by atoms with Crippen LogP contribution in [0, 0.1) is 0 Å². The average Bonchev–Trinajstić information content (AvgIpc) is 2.87. The summed E-state index contributed by atoms with van der Waals surface area (Å²) >= 11 is 0. The van der Waals surface area contributed by atoms with Crippen molar-refractivity contribution in [2.45, 2.75) is 25.9 Å². The number of halogens is 2. The van der Waals surface area contributed by atoms with Gasteiger partial charge in [-0.25, -0.2) is 4.79 Å². The summed E-state index contributed by atoms with van der Waals surface area (Å²) in [7, 11) is 1.87. The number of benzene rings is 2. The van der Waals surface area contributed by atoms with Gasteiger partial charge >= 0.3 is 12.6 Å². The van der Waals surface area contributed by atoms with E-state index in [2.05, 4.69) is 4.74 Å². The van der Waals surface area contributed by atoms with Gasteiger partial charge in [0.1, 0.15) is 11.3 Å². The Balaban J connectivity index is 1.72. The number of allylic oxidation sites excluding steroid dienone is 1. The van der Waals surface area contributed by atoms with Crippen LogP contribution in [0.1, 0.15) is 29.8 Å². The first-order chi connectivity index (χ1) is 13.7. The topological polar surface area (TPSA) is 55.8 Å². The minimum atomic E-state index is -3.07. The van der Waals surface area contributed by atoms with Gasteiger partial charge in [-0.2, -0.15) is 8.78 Å². The number of likely N-dealkylation sites (N-methyl/N-ethyl adjacent to an activating group) is 1. The number of fused-ring (bicyclic) bond motifs is 1. The third-order valence-electron chi connectivity index (χ3n) is 4.91.